The first kappa shape index (κ1) is 25.3. The van der Waals surface area contributed by atoms with E-state index < -0.39 is 17.7 Å². The van der Waals surface area contributed by atoms with Gasteiger partial charge in [0.05, 0.1) is 38.6 Å². The molecule has 1 aliphatic heterocycles. The largest absolute Gasteiger partial charge is 0.494 e. The number of piperidine rings is 1. The highest BCUT2D eigenvalue weighted by Crippen LogP contribution is 2.30. The monoisotopic (exact) mass is 483 g/mol. The van der Waals surface area contributed by atoms with Gasteiger partial charge in [-0.2, -0.15) is 0 Å². The van der Waals surface area contributed by atoms with Gasteiger partial charge >= 0.3 is 0 Å². The van der Waals surface area contributed by atoms with E-state index in [9.17, 15) is 13.9 Å². The standard InChI is InChI=1S/C28H31F2NO4/c29-23-10-7-22(25(30)15-23)19-35-27-17-31-16-26(32)28(27)21-8-11-24(12-9-21)34-14-4-13-33-18-20-5-2-1-3-6-20/h1-3,5-12,15,26-28,31-32H,4,13-14,16-19H2. The van der Waals surface area contributed by atoms with Crippen LogP contribution in [0.3, 0.4) is 0 Å². The molecule has 1 aliphatic rings. The number of aliphatic hydroxyl groups excluding tert-OH is 1. The first-order valence-corrected chi connectivity index (χ1v) is 11.9. The van der Waals surface area contributed by atoms with Crippen LogP contribution < -0.4 is 10.1 Å². The average Bonchev–Trinajstić information content (AvgIpc) is 2.87. The van der Waals surface area contributed by atoms with Crippen molar-refractivity contribution in [2.24, 2.45) is 0 Å². The summed E-state index contributed by atoms with van der Waals surface area (Å²) >= 11 is 0. The van der Waals surface area contributed by atoms with Crippen LogP contribution in [0.25, 0.3) is 0 Å². The van der Waals surface area contributed by atoms with Crippen molar-refractivity contribution in [2.75, 3.05) is 26.3 Å². The molecule has 0 amide bonds. The summed E-state index contributed by atoms with van der Waals surface area (Å²) in [6.07, 6.45) is -0.241. The third kappa shape index (κ3) is 7.32. The second-order valence-corrected chi connectivity index (χ2v) is 8.65. The van der Waals surface area contributed by atoms with Crippen LogP contribution in [0.1, 0.15) is 29.0 Å². The zero-order valence-corrected chi connectivity index (χ0v) is 19.5. The molecule has 2 N–H and O–H groups in total. The zero-order chi connectivity index (χ0) is 24.5. The number of hydrogen-bond donors (Lipinski definition) is 2. The van der Waals surface area contributed by atoms with E-state index in [0.717, 1.165) is 29.4 Å². The van der Waals surface area contributed by atoms with Crippen molar-refractivity contribution >= 4 is 0 Å². The molecule has 0 bridgehead atoms. The van der Waals surface area contributed by atoms with E-state index in [1.165, 1.54) is 12.1 Å². The molecule has 0 aliphatic carbocycles. The predicted molar refractivity (Wildman–Crippen MR) is 129 cm³/mol. The SMILES string of the molecule is OC1CNCC(OCc2ccc(F)cc2F)C1c1ccc(OCCCOCc2ccccc2)cc1. The number of nitrogens with one attached hydrogen (secondary N) is 1. The molecule has 5 nitrogen and oxygen atoms in total. The van der Waals surface area contributed by atoms with Gasteiger partial charge in [0.1, 0.15) is 17.4 Å². The van der Waals surface area contributed by atoms with Crippen LogP contribution in [0, 0.1) is 11.6 Å². The minimum absolute atomic E-state index is 0.00474. The number of ether oxygens (including phenoxy) is 3. The van der Waals surface area contributed by atoms with Gasteiger partial charge in [-0.3, -0.25) is 0 Å². The predicted octanol–water partition coefficient (Wildman–Crippen LogP) is 4.58. The van der Waals surface area contributed by atoms with Crippen LogP contribution in [0.15, 0.2) is 72.8 Å². The quantitative estimate of drug-likeness (QED) is 0.391. The normalized spacial score (nSPS) is 20.0. The molecule has 0 saturated carbocycles. The fourth-order valence-corrected chi connectivity index (χ4v) is 4.21. The van der Waals surface area contributed by atoms with Crippen molar-refractivity contribution in [1.29, 1.82) is 0 Å². The molecule has 3 atom stereocenters. The number of hydrogen-bond acceptors (Lipinski definition) is 5. The number of halogens is 2. The second-order valence-electron chi connectivity index (χ2n) is 8.65. The van der Waals surface area contributed by atoms with E-state index in [4.69, 9.17) is 14.2 Å². The summed E-state index contributed by atoms with van der Waals surface area (Å²) in [6, 6.07) is 21.1. The van der Waals surface area contributed by atoms with Gasteiger partial charge < -0.3 is 24.6 Å². The van der Waals surface area contributed by atoms with Crippen molar-refractivity contribution in [3.05, 3.63) is 101 Å². The highest BCUT2D eigenvalue weighted by atomic mass is 19.1. The third-order valence-electron chi connectivity index (χ3n) is 6.06. The van der Waals surface area contributed by atoms with Gasteiger partial charge in [0.15, 0.2) is 0 Å². The maximum Gasteiger partial charge on any atom is 0.131 e. The summed E-state index contributed by atoms with van der Waals surface area (Å²) in [6.45, 7) is 2.70. The van der Waals surface area contributed by atoms with Gasteiger partial charge in [0.2, 0.25) is 0 Å². The van der Waals surface area contributed by atoms with Crippen molar-refractivity contribution < 1.29 is 28.1 Å². The van der Waals surface area contributed by atoms with E-state index >= 15 is 0 Å². The summed E-state index contributed by atoms with van der Waals surface area (Å²) in [5.41, 5.74) is 2.35. The topological polar surface area (TPSA) is 60.0 Å². The molecule has 1 saturated heterocycles. The Hall–Kier alpha value is -2.84. The van der Waals surface area contributed by atoms with Gasteiger partial charge in [-0.15, -0.1) is 0 Å². The molecule has 0 aromatic heterocycles. The van der Waals surface area contributed by atoms with E-state index in [0.29, 0.717) is 32.9 Å². The summed E-state index contributed by atoms with van der Waals surface area (Å²) in [5, 5.41) is 13.8. The van der Waals surface area contributed by atoms with Crippen LogP contribution in [0.2, 0.25) is 0 Å². The smallest absolute Gasteiger partial charge is 0.131 e. The molecule has 1 heterocycles. The molecule has 7 heteroatoms. The van der Waals surface area contributed by atoms with Crippen LogP contribution >= 0.6 is 0 Å². The molecule has 186 valence electrons. The lowest BCUT2D eigenvalue weighted by molar-refractivity contribution is -0.0335. The molecule has 3 unspecified atom stereocenters. The maximum absolute atomic E-state index is 14.0. The molecule has 35 heavy (non-hydrogen) atoms. The second kappa shape index (κ2) is 12.7. The Morgan fingerprint density at radius 2 is 1.69 bits per heavy atom. The maximum atomic E-state index is 14.0. The van der Waals surface area contributed by atoms with Gasteiger partial charge in [0, 0.05) is 37.1 Å². The summed E-state index contributed by atoms with van der Waals surface area (Å²) in [5.74, 6) is -0.801. The molecular weight excluding hydrogens is 452 g/mol. The van der Waals surface area contributed by atoms with Crippen molar-refractivity contribution in [3.63, 3.8) is 0 Å². The van der Waals surface area contributed by atoms with Gasteiger partial charge in [-0.25, -0.2) is 8.78 Å². The van der Waals surface area contributed by atoms with Crippen LogP contribution in [0.4, 0.5) is 8.78 Å². The summed E-state index contributed by atoms with van der Waals surface area (Å²) < 4.78 is 44.6. The molecule has 0 spiro atoms. The minimum Gasteiger partial charge on any atom is -0.494 e. The fraction of sp³-hybridized carbons (Fsp3) is 0.357. The Balaban J connectivity index is 1.26. The molecule has 3 aromatic carbocycles. The van der Waals surface area contributed by atoms with E-state index in [1.807, 2.05) is 54.6 Å². The lowest BCUT2D eigenvalue weighted by Gasteiger charge is -2.36. The first-order valence-electron chi connectivity index (χ1n) is 11.9. The third-order valence-corrected chi connectivity index (χ3v) is 6.06. The summed E-state index contributed by atoms with van der Waals surface area (Å²) in [4.78, 5) is 0. The Bertz CT molecular complexity index is 1050. The van der Waals surface area contributed by atoms with Crippen LogP contribution in [-0.4, -0.2) is 43.6 Å². The lowest BCUT2D eigenvalue weighted by Crippen LogP contribution is -2.49. The number of aliphatic hydroxyl groups is 1. The van der Waals surface area contributed by atoms with E-state index in [2.05, 4.69) is 5.32 Å². The van der Waals surface area contributed by atoms with Crippen LogP contribution in [-0.2, 0) is 22.7 Å². The lowest BCUT2D eigenvalue weighted by atomic mass is 9.85. The Morgan fingerprint density at radius 1 is 0.886 bits per heavy atom. The molecular formula is C28H31F2NO4. The van der Waals surface area contributed by atoms with E-state index in [-0.39, 0.29) is 24.2 Å². The minimum atomic E-state index is -0.652. The van der Waals surface area contributed by atoms with Gasteiger partial charge in [-0.05, 0) is 29.3 Å². The Morgan fingerprint density at radius 3 is 2.46 bits per heavy atom. The molecule has 3 aromatic rings. The average molecular weight is 484 g/mol. The summed E-state index contributed by atoms with van der Waals surface area (Å²) in [7, 11) is 0. The van der Waals surface area contributed by atoms with Crippen LogP contribution in [0.5, 0.6) is 5.75 Å². The fourth-order valence-electron chi connectivity index (χ4n) is 4.21. The highest BCUT2D eigenvalue weighted by molar-refractivity contribution is 5.31. The zero-order valence-electron chi connectivity index (χ0n) is 19.5. The number of benzene rings is 3. The Labute approximate surface area is 204 Å². The van der Waals surface area contributed by atoms with Crippen molar-refractivity contribution in [2.45, 2.75) is 37.8 Å². The number of β-amino-alcohol motifs (C(OH)–C–C–N with tert-alkyl or cyclic N) is 1. The van der Waals surface area contributed by atoms with Crippen molar-refractivity contribution in [1.82, 2.24) is 5.32 Å². The Kier molecular flexibility index (Phi) is 9.20. The molecule has 0 radical (unpaired) electrons. The van der Waals surface area contributed by atoms with Gasteiger partial charge in [0.25, 0.3) is 0 Å². The molecule has 1 fully saturated rings. The highest BCUT2D eigenvalue weighted by Gasteiger charge is 2.34. The van der Waals surface area contributed by atoms with Gasteiger partial charge in [-0.1, -0.05) is 48.5 Å². The first-order chi connectivity index (χ1) is 17.1. The van der Waals surface area contributed by atoms with E-state index in [1.54, 1.807) is 0 Å². The van der Waals surface area contributed by atoms with Crippen molar-refractivity contribution in [3.8, 4) is 5.75 Å². The number of rotatable bonds is 11. The molecule has 4 rings (SSSR count).